The van der Waals surface area contributed by atoms with E-state index in [2.05, 4.69) is 5.32 Å². The van der Waals surface area contributed by atoms with Crippen molar-refractivity contribution < 1.29 is 14.6 Å². The minimum Gasteiger partial charge on any atom is -0.490 e. The van der Waals surface area contributed by atoms with Gasteiger partial charge in [-0.25, -0.2) is 0 Å². The van der Waals surface area contributed by atoms with E-state index in [0.29, 0.717) is 12.0 Å². The number of ether oxygens (including phenoxy) is 1. The Bertz CT molecular complexity index is 1220. The van der Waals surface area contributed by atoms with Gasteiger partial charge in [0.1, 0.15) is 24.3 Å². The van der Waals surface area contributed by atoms with Gasteiger partial charge in [-0.1, -0.05) is 24.3 Å². The molecule has 33 heavy (non-hydrogen) atoms. The number of anilines is 1. The van der Waals surface area contributed by atoms with Crippen molar-refractivity contribution in [2.75, 3.05) is 24.6 Å². The smallest absolute Gasteiger partial charge is 0.253 e. The Hall–Kier alpha value is -3.42. The fourth-order valence-corrected chi connectivity index (χ4v) is 4.90. The third-order valence-electron chi connectivity index (χ3n) is 6.59. The van der Waals surface area contributed by atoms with Gasteiger partial charge in [-0.15, -0.1) is 0 Å². The van der Waals surface area contributed by atoms with Crippen molar-refractivity contribution in [1.29, 1.82) is 5.41 Å². The quantitative estimate of drug-likeness (QED) is 0.357. The van der Waals surface area contributed by atoms with E-state index < -0.39 is 6.61 Å². The molecule has 1 amide bonds. The van der Waals surface area contributed by atoms with E-state index in [9.17, 15) is 9.90 Å². The number of amides is 1. The van der Waals surface area contributed by atoms with Crippen LogP contribution in [0.5, 0.6) is 5.75 Å². The molecule has 1 atom stereocenters. The van der Waals surface area contributed by atoms with Crippen LogP contribution in [0.4, 0.5) is 5.69 Å². The molecule has 1 unspecified atom stereocenters. The summed E-state index contributed by atoms with van der Waals surface area (Å²) in [5, 5.41) is 22.7. The maximum atomic E-state index is 12.8. The molecule has 0 aliphatic carbocycles. The van der Waals surface area contributed by atoms with Crippen molar-refractivity contribution in [3.8, 4) is 5.75 Å². The minimum atomic E-state index is -0.550. The number of hydrogen-bond acceptors (Lipinski definition) is 5. The topological polar surface area (TPSA) is 112 Å². The van der Waals surface area contributed by atoms with Crippen LogP contribution in [0.25, 0.3) is 10.8 Å². The van der Waals surface area contributed by atoms with Gasteiger partial charge in [-0.3, -0.25) is 10.2 Å². The Morgan fingerprint density at radius 3 is 2.64 bits per heavy atom. The summed E-state index contributed by atoms with van der Waals surface area (Å²) >= 11 is 0. The van der Waals surface area contributed by atoms with E-state index in [-0.39, 0.29) is 23.9 Å². The molecule has 2 heterocycles. The molecule has 2 aliphatic heterocycles. The highest BCUT2D eigenvalue weighted by atomic mass is 16.5. The lowest BCUT2D eigenvalue weighted by Crippen LogP contribution is -2.34. The number of aliphatic hydroxyl groups is 1. The highest BCUT2D eigenvalue weighted by Crippen LogP contribution is 2.42. The van der Waals surface area contributed by atoms with Crippen molar-refractivity contribution in [1.82, 2.24) is 5.32 Å². The molecular formula is C26H28N4O3. The third kappa shape index (κ3) is 4.17. The largest absolute Gasteiger partial charge is 0.490 e. The second-order valence-electron chi connectivity index (χ2n) is 8.73. The zero-order valence-electron chi connectivity index (χ0n) is 18.4. The van der Waals surface area contributed by atoms with E-state index >= 15 is 0 Å². The Kier molecular flexibility index (Phi) is 5.74. The van der Waals surface area contributed by atoms with E-state index in [1.54, 1.807) is 4.90 Å². The molecule has 2 aliphatic rings. The van der Waals surface area contributed by atoms with E-state index in [0.717, 1.165) is 59.3 Å². The molecule has 3 aromatic carbocycles. The molecule has 0 spiro atoms. The van der Waals surface area contributed by atoms with Crippen molar-refractivity contribution in [2.45, 2.75) is 31.4 Å². The molecule has 5 rings (SSSR count). The van der Waals surface area contributed by atoms with E-state index in [1.165, 1.54) is 0 Å². The van der Waals surface area contributed by atoms with Gasteiger partial charge < -0.3 is 25.8 Å². The van der Waals surface area contributed by atoms with Crippen LogP contribution in [0.1, 0.15) is 35.6 Å². The van der Waals surface area contributed by atoms with E-state index in [1.807, 2.05) is 54.6 Å². The average Bonchev–Trinajstić information content (AvgIpc) is 3.22. The van der Waals surface area contributed by atoms with Crippen molar-refractivity contribution in [3.05, 3.63) is 71.3 Å². The van der Waals surface area contributed by atoms with Crippen LogP contribution in [-0.4, -0.2) is 42.6 Å². The maximum absolute atomic E-state index is 12.8. The van der Waals surface area contributed by atoms with Gasteiger partial charge >= 0.3 is 0 Å². The summed E-state index contributed by atoms with van der Waals surface area (Å²) in [6.07, 6.45) is 2.80. The molecule has 0 aromatic heterocycles. The fraction of sp³-hybridized carbons (Fsp3) is 0.308. The Morgan fingerprint density at radius 1 is 1.09 bits per heavy atom. The summed E-state index contributed by atoms with van der Waals surface area (Å²) in [6.45, 7) is 1.37. The summed E-state index contributed by atoms with van der Waals surface area (Å²) in [7, 11) is 0. The number of nitrogens with zero attached hydrogens (tertiary/aromatic N) is 1. The zero-order chi connectivity index (χ0) is 22.9. The number of hydrogen-bond donors (Lipinski definition) is 4. The molecule has 5 N–H and O–H groups in total. The molecule has 0 radical (unpaired) electrons. The average molecular weight is 445 g/mol. The number of piperidine rings is 1. The SMILES string of the molecule is N=C(N)c1ccc2ccc(C3Cc4cc(OC5CCNCC5)ccc4N3C(=O)CO)cc2c1. The summed E-state index contributed by atoms with van der Waals surface area (Å²) in [5.41, 5.74) is 9.16. The molecule has 3 aromatic rings. The lowest BCUT2D eigenvalue weighted by Gasteiger charge is -2.26. The van der Waals surface area contributed by atoms with Gasteiger partial charge in [0.05, 0.1) is 6.04 Å². The van der Waals surface area contributed by atoms with Crippen LogP contribution in [-0.2, 0) is 11.2 Å². The first-order valence-corrected chi connectivity index (χ1v) is 11.3. The van der Waals surface area contributed by atoms with Crippen LogP contribution >= 0.6 is 0 Å². The lowest BCUT2D eigenvalue weighted by molar-refractivity contribution is -0.121. The first kappa shape index (κ1) is 21.4. The summed E-state index contributed by atoms with van der Waals surface area (Å²) in [6, 6.07) is 17.4. The second kappa shape index (κ2) is 8.84. The standard InChI is InChI=1S/C26H28N4O3/c27-26(28)18-4-2-16-1-3-17(11-19(16)12-18)24-14-20-13-22(33-21-7-9-29-10-8-21)5-6-23(20)30(24)25(32)15-31/h1-6,11-13,21,24,29,31H,7-10,14-15H2,(H3,27,28). The molecule has 1 fully saturated rings. The van der Waals surface area contributed by atoms with Crippen LogP contribution in [0.3, 0.4) is 0 Å². The predicted octanol–water partition coefficient (Wildman–Crippen LogP) is 2.88. The number of amidine groups is 1. The van der Waals surface area contributed by atoms with Crippen molar-refractivity contribution in [3.63, 3.8) is 0 Å². The van der Waals surface area contributed by atoms with Gasteiger partial charge in [0.25, 0.3) is 5.91 Å². The summed E-state index contributed by atoms with van der Waals surface area (Å²) in [4.78, 5) is 14.5. The normalized spacial score (nSPS) is 18.3. The highest BCUT2D eigenvalue weighted by Gasteiger charge is 2.35. The Balaban J connectivity index is 1.48. The number of aliphatic hydroxyl groups excluding tert-OH is 1. The van der Waals surface area contributed by atoms with Gasteiger partial charge in [0, 0.05) is 11.3 Å². The van der Waals surface area contributed by atoms with Crippen LogP contribution in [0.2, 0.25) is 0 Å². The number of benzene rings is 3. The summed E-state index contributed by atoms with van der Waals surface area (Å²) < 4.78 is 6.21. The first-order valence-electron chi connectivity index (χ1n) is 11.3. The summed E-state index contributed by atoms with van der Waals surface area (Å²) in [5.74, 6) is 0.514. The monoisotopic (exact) mass is 444 g/mol. The lowest BCUT2D eigenvalue weighted by atomic mass is 9.97. The number of nitrogen functional groups attached to an aromatic ring is 1. The fourth-order valence-electron chi connectivity index (χ4n) is 4.90. The molecule has 0 saturated carbocycles. The van der Waals surface area contributed by atoms with E-state index in [4.69, 9.17) is 15.9 Å². The minimum absolute atomic E-state index is 0.0222. The Morgan fingerprint density at radius 2 is 1.88 bits per heavy atom. The number of nitrogens with one attached hydrogen (secondary N) is 2. The van der Waals surface area contributed by atoms with Crippen LogP contribution < -0.4 is 20.7 Å². The molecule has 7 heteroatoms. The molecule has 170 valence electrons. The van der Waals surface area contributed by atoms with Crippen molar-refractivity contribution >= 4 is 28.2 Å². The number of rotatable bonds is 5. The van der Waals surface area contributed by atoms with Gasteiger partial charge in [0.15, 0.2) is 0 Å². The van der Waals surface area contributed by atoms with Crippen molar-refractivity contribution in [2.24, 2.45) is 5.73 Å². The third-order valence-corrected chi connectivity index (χ3v) is 6.59. The molecular weight excluding hydrogens is 416 g/mol. The van der Waals surface area contributed by atoms with Gasteiger partial charge in [-0.05, 0) is 84.6 Å². The van der Waals surface area contributed by atoms with Crippen LogP contribution in [0.15, 0.2) is 54.6 Å². The zero-order valence-corrected chi connectivity index (χ0v) is 18.4. The van der Waals surface area contributed by atoms with Gasteiger partial charge in [-0.2, -0.15) is 0 Å². The number of carbonyl (C=O) groups excluding carboxylic acids is 1. The van der Waals surface area contributed by atoms with Crippen LogP contribution in [0, 0.1) is 5.41 Å². The highest BCUT2D eigenvalue weighted by molar-refractivity contribution is 6.00. The maximum Gasteiger partial charge on any atom is 0.253 e. The number of fused-ring (bicyclic) bond motifs is 2. The predicted molar refractivity (Wildman–Crippen MR) is 129 cm³/mol. The second-order valence-corrected chi connectivity index (χ2v) is 8.73. The molecule has 0 bridgehead atoms. The molecule has 1 saturated heterocycles. The first-order chi connectivity index (χ1) is 16.0. The molecule has 7 nitrogen and oxygen atoms in total. The number of nitrogens with two attached hydrogens (primary N) is 1. The number of carbonyl (C=O) groups is 1. The Labute approximate surface area is 192 Å². The van der Waals surface area contributed by atoms with Gasteiger partial charge in [0.2, 0.25) is 0 Å².